The highest BCUT2D eigenvalue weighted by atomic mass is 35.5. The molecule has 10 heteroatoms. The number of carbonyl (C=O) groups excluding carboxylic acids is 3. The Bertz CT molecular complexity index is 879. The minimum atomic E-state index is -1.27. The van der Waals surface area contributed by atoms with E-state index in [4.69, 9.17) is 16.3 Å². The number of benzene rings is 1. The smallest absolute Gasteiger partial charge is 0.326 e. The fourth-order valence-corrected chi connectivity index (χ4v) is 2.05. The van der Waals surface area contributed by atoms with Crippen LogP contribution in [0.3, 0.4) is 0 Å². The second-order valence-corrected chi connectivity index (χ2v) is 5.72. The van der Waals surface area contributed by atoms with Crippen LogP contribution < -0.4 is 10.6 Å². The van der Waals surface area contributed by atoms with Crippen molar-refractivity contribution in [2.24, 2.45) is 0 Å². The highest BCUT2D eigenvalue weighted by Crippen LogP contribution is 2.15. The van der Waals surface area contributed by atoms with E-state index in [-0.39, 0.29) is 11.4 Å². The number of amides is 2. The van der Waals surface area contributed by atoms with E-state index in [0.29, 0.717) is 11.1 Å². The molecule has 0 aliphatic heterocycles. The molecule has 7 nitrogen and oxygen atoms in total. The topological polar surface area (TPSA) is 97.4 Å². The Labute approximate surface area is 157 Å². The van der Waals surface area contributed by atoms with Crippen LogP contribution in [-0.4, -0.2) is 35.4 Å². The molecule has 1 aromatic carbocycles. The maximum atomic E-state index is 13.5. The van der Waals surface area contributed by atoms with E-state index in [2.05, 4.69) is 15.6 Å². The van der Waals surface area contributed by atoms with Crippen molar-refractivity contribution in [1.29, 1.82) is 0 Å². The summed E-state index contributed by atoms with van der Waals surface area (Å²) in [5, 5.41) is 4.74. The van der Waals surface area contributed by atoms with Gasteiger partial charge in [-0.25, -0.2) is 8.78 Å². The summed E-state index contributed by atoms with van der Waals surface area (Å²) in [4.78, 5) is 39.3. The van der Waals surface area contributed by atoms with Gasteiger partial charge in [-0.2, -0.15) is 0 Å². The summed E-state index contributed by atoms with van der Waals surface area (Å²) < 4.78 is 31.2. The van der Waals surface area contributed by atoms with Crippen LogP contribution >= 0.6 is 11.6 Å². The molecule has 1 aromatic heterocycles. The molecule has 2 N–H and O–H groups in total. The van der Waals surface area contributed by atoms with Gasteiger partial charge in [0, 0.05) is 17.3 Å². The van der Waals surface area contributed by atoms with Crippen molar-refractivity contribution in [2.75, 3.05) is 11.9 Å². The Morgan fingerprint density at radius 2 is 1.96 bits per heavy atom. The average molecular weight is 398 g/mol. The molecule has 2 aromatic rings. The zero-order chi connectivity index (χ0) is 20.0. The minimum absolute atomic E-state index is 0.00729. The molecule has 0 unspecified atom stereocenters. The molecule has 2 rings (SSSR count). The Hall–Kier alpha value is -3.07. The molecule has 0 fully saturated rings. The first-order chi connectivity index (χ1) is 12.8. The lowest BCUT2D eigenvalue weighted by molar-refractivity contribution is -0.152. The molecule has 0 saturated heterocycles. The number of nitrogens with one attached hydrogen (secondary N) is 2. The number of hydrogen-bond acceptors (Lipinski definition) is 5. The van der Waals surface area contributed by atoms with Crippen LogP contribution in [0.5, 0.6) is 0 Å². The molecule has 0 spiro atoms. The Morgan fingerprint density at radius 3 is 2.63 bits per heavy atom. The van der Waals surface area contributed by atoms with Gasteiger partial charge in [-0.1, -0.05) is 11.6 Å². The summed E-state index contributed by atoms with van der Waals surface area (Å²) in [5.41, 5.74) is -0.252. The number of pyridine rings is 1. The standard InChI is InChI=1S/C17H14ClF2N3O4/c1-9(16(25)23-13-3-2-11(19)7-12(13)20)27-15(24)8-22-17(26)14-6-10(18)4-5-21-14/h2-7,9H,8H2,1H3,(H,22,26)(H,23,25)/t9-/m0/s1. The number of rotatable bonds is 6. The highest BCUT2D eigenvalue weighted by Gasteiger charge is 2.20. The summed E-state index contributed by atoms with van der Waals surface area (Å²) >= 11 is 5.74. The fraction of sp³-hybridized carbons (Fsp3) is 0.176. The minimum Gasteiger partial charge on any atom is -0.451 e. The van der Waals surface area contributed by atoms with Crippen LogP contribution in [0.25, 0.3) is 0 Å². The van der Waals surface area contributed by atoms with Crippen molar-refractivity contribution < 1.29 is 27.9 Å². The monoisotopic (exact) mass is 397 g/mol. The third kappa shape index (κ3) is 6.00. The normalized spacial score (nSPS) is 11.4. The molecular weight excluding hydrogens is 384 g/mol. The lowest BCUT2D eigenvalue weighted by Crippen LogP contribution is -2.36. The summed E-state index contributed by atoms with van der Waals surface area (Å²) in [6.07, 6.45) is 0.0551. The van der Waals surface area contributed by atoms with Crippen molar-refractivity contribution in [1.82, 2.24) is 10.3 Å². The van der Waals surface area contributed by atoms with E-state index in [1.54, 1.807) is 0 Å². The van der Waals surface area contributed by atoms with Crippen molar-refractivity contribution in [2.45, 2.75) is 13.0 Å². The van der Waals surface area contributed by atoms with Gasteiger partial charge in [-0.05, 0) is 31.2 Å². The first-order valence-corrected chi connectivity index (χ1v) is 7.99. The summed E-state index contributed by atoms with van der Waals surface area (Å²) in [5.74, 6) is -4.14. The van der Waals surface area contributed by atoms with Gasteiger partial charge in [0.25, 0.3) is 11.8 Å². The third-order valence-electron chi connectivity index (χ3n) is 3.21. The van der Waals surface area contributed by atoms with Gasteiger partial charge < -0.3 is 15.4 Å². The van der Waals surface area contributed by atoms with Crippen LogP contribution in [0, 0.1) is 11.6 Å². The highest BCUT2D eigenvalue weighted by molar-refractivity contribution is 6.30. The van der Waals surface area contributed by atoms with E-state index < -0.39 is 42.1 Å². The van der Waals surface area contributed by atoms with E-state index in [0.717, 1.165) is 12.1 Å². The van der Waals surface area contributed by atoms with Crippen molar-refractivity contribution in [3.63, 3.8) is 0 Å². The number of aromatic nitrogens is 1. The van der Waals surface area contributed by atoms with Crippen molar-refractivity contribution >= 4 is 35.1 Å². The summed E-state index contributed by atoms with van der Waals surface area (Å²) in [6, 6.07) is 5.40. The molecule has 0 aliphatic rings. The molecule has 0 radical (unpaired) electrons. The molecule has 27 heavy (non-hydrogen) atoms. The van der Waals surface area contributed by atoms with Gasteiger partial charge in [0.2, 0.25) is 0 Å². The van der Waals surface area contributed by atoms with Crippen molar-refractivity contribution in [3.05, 3.63) is 58.9 Å². The second kappa shape index (κ2) is 9.04. The van der Waals surface area contributed by atoms with E-state index in [9.17, 15) is 23.2 Å². The molecule has 0 saturated carbocycles. The van der Waals surface area contributed by atoms with Gasteiger partial charge in [0.05, 0.1) is 5.69 Å². The zero-order valence-corrected chi connectivity index (χ0v) is 14.7. The SMILES string of the molecule is C[C@H](OC(=O)CNC(=O)c1cc(Cl)ccn1)C(=O)Nc1ccc(F)cc1F. The summed E-state index contributed by atoms with van der Waals surface area (Å²) in [6.45, 7) is 0.741. The molecule has 142 valence electrons. The Balaban J connectivity index is 1.83. The lowest BCUT2D eigenvalue weighted by atomic mass is 10.2. The molecule has 0 aliphatic carbocycles. The fourth-order valence-electron chi connectivity index (χ4n) is 1.89. The number of halogens is 3. The predicted molar refractivity (Wildman–Crippen MR) is 92.1 cm³/mol. The van der Waals surface area contributed by atoms with Crippen molar-refractivity contribution in [3.8, 4) is 0 Å². The first-order valence-electron chi connectivity index (χ1n) is 7.61. The maximum Gasteiger partial charge on any atom is 0.326 e. The van der Waals surface area contributed by atoms with E-state index >= 15 is 0 Å². The lowest BCUT2D eigenvalue weighted by Gasteiger charge is -2.14. The van der Waals surface area contributed by atoms with Crippen LogP contribution in [0.15, 0.2) is 36.5 Å². The maximum absolute atomic E-state index is 13.5. The molecular formula is C17H14ClF2N3O4. The molecule has 2 amide bonds. The van der Waals surface area contributed by atoms with E-state index in [1.165, 1.54) is 25.3 Å². The van der Waals surface area contributed by atoms with E-state index in [1.807, 2.05) is 0 Å². The second-order valence-electron chi connectivity index (χ2n) is 5.29. The quantitative estimate of drug-likeness (QED) is 0.729. The van der Waals surface area contributed by atoms with Crippen LogP contribution in [-0.2, 0) is 14.3 Å². The molecule has 1 atom stereocenters. The van der Waals surface area contributed by atoms with Gasteiger partial charge in [-0.3, -0.25) is 19.4 Å². The Kier molecular flexibility index (Phi) is 6.78. The van der Waals surface area contributed by atoms with Gasteiger partial charge in [0.1, 0.15) is 23.9 Å². The van der Waals surface area contributed by atoms with Gasteiger partial charge >= 0.3 is 5.97 Å². The number of anilines is 1. The molecule has 0 bridgehead atoms. The van der Waals surface area contributed by atoms with Crippen LogP contribution in [0.1, 0.15) is 17.4 Å². The third-order valence-corrected chi connectivity index (χ3v) is 3.45. The number of ether oxygens (including phenoxy) is 1. The molecule has 1 heterocycles. The first kappa shape index (κ1) is 20.2. The Morgan fingerprint density at radius 1 is 1.22 bits per heavy atom. The summed E-state index contributed by atoms with van der Waals surface area (Å²) in [7, 11) is 0. The zero-order valence-electron chi connectivity index (χ0n) is 14.0. The van der Waals surface area contributed by atoms with Gasteiger partial charge in [-0.15, -0.1) is 0 Å². The number of nitrogens with zero attached hydrogens (tertiary/aromatic N) is 1. The largest absolute Gasteiger partial charge is 0.451 e. The number of esters is 1. The van der Waals surface area contributed by atoms with Crippen LogP contribution in [0.4, 0.5) is 14.5 Å². The number of hydrogen-bond donors (Lipinski definition) is 2. The number of carbonyl (C=O) groups is 3. The predicted octanol–water partition coefficient (Wildman–Crippen LogP) is 2.31. The average Bonchev–Trinajstić information content (AvgIpc) is 2.61. The van der Waals surface area contributed by atoms with Crippen LogP contribution in [0.2, 0.25) is 5.02 Å². The van der Waals surface area contributed by atoms with Gasteiger partial charge in [0.15, 0.2) is 6.10 Å².